The van der Waals surface area contributed by atoms with E-state index in [0.29, 0.717) is 36.0 Å². The molecule has 3 heterocycles. The molecule has 1 aromatic carbocycles. The number of alkyl halides is 3. The summed E-state index contributed by atoms with van der Waals surface area (Å²) in [6.45, 7) is 3.28. The fourth-order valence-electron chi connectivity index (χ4n) is 3.39. The van der Waals surface area contributed by atoms with E-state index in [1.165, 1.54) is 24.3 Å². The summed E-state index contributed by atoms with van der Waals surface area (Å²) in [5, 5.41) is 3.16. The predicted octanol–water partition coefficient (Wildman–Crippen LogP) is 3.58. The number of fused-ring (bicyclic) bond motifs is 1. The number of nitrogens with two attached hydrogens (primary N) is 1. The number of aromatic nitrogens is 4. The van der Waals surface area contributed by atoms with Crippen LogP contribution in [0.4, 0.5) is 30.8 Å². The molecule has 0 radical (unpaired) electrons. The number of nitrogens with one attached hydrogen (secondary N) is 1. The molecule has 154 valence electrons. The van der Waals surface area contributed by atoms with Crippen LogP contribution in [0.5, 0.6) is 5.75 Å². The van der Waals surface area contributed by atoms with Crippen molar-refractivity contribution >= 4 is 28.7 Å². The van der Waals surface area contributed by atoms with Crippen LogP contribution < -0.4 is 15.8 Å². The first-order valence-corrected chi connectivity index (χ1v) is 8.96. The third kappa shape index (κ3) is 4.04. The van der Waals surface area contributed by atoms with E-state index in [2.05, 4.69) is 31.9 Å². The Labute approximate surface area is 163 Å². The van der Waals surface area contributed by atoms with Crippen LogP contribution in [0.25, 0.3) is 11.2 Å². The van der Waals surface area contributed by atoms with E-state index < -0.39 is 6.36 Å². The molecule has 11 heteroatoms. The highest BCUT2D eigenvalue weighted by Gasteiger charge is 2.34. The summed E-state index contributed by atoms with van der Waals surface area (Å²) >= 11 is 0. The summed E-state index contributed by atoms with van der Waals surface area (Å²) in [6.07, 6.45) is -1.70. The zero-order valence-electron chi connectivity index (χ0n) is 15.5. The number of anilines is 3. The van der Waals surface area contributed by atoms with E-state index in [-0.39, 0.29) is 17.2 Å². The van der Waals surface area contributed by atoms with Crippen LogP contribution in [0, 0.1) is 0 Å². The van der Waals surface area contributed by atoms with E-state index in [1.807, 2.05) is 4.57 Å². The van der Waals surface area contributed by atoms with Gasteiger partial charge in [0.05, 0.1) is 11.7 Å². The van der Waals surface area contributed by atoms with Crippen molar-refractivity contribution in [1.29, 1.82) is 0 Å². The van der Waals surface area contributed by atoms with E-state index in [4.69, 9.17) is 10.5 Å². The van der Waals surface area contributed by atoms with Gasteiger partial charge in [0.25, 0.3) is 0 Å². The van der Waals surface area contributed by atoms with Crippen molar-refractivity contribution < 1.29 is 22.6 Å². The molecule has 1 saturated heterocycles. The van der Waals surface area contributed by atoms with Gasteiger partial charge < -0.3 is 20.5 Å². The Balaban J connectivity index is 1.71. The Morgan fingerprint density at radius 3 is 2.52 bits per heavy atom. The smallest absolute Gasteiger partial charge is 0.406 e. The Hall–Kier alpha value is -3.08. The lowest BCUT2D eigenvalue weighted by molar-refractivity contribution is -0.274. The normalized spacial score (nSPS) is 16.7. The minimum Gasteiger partial charge on any atom is -0.406 e. The SMILES string of the molecule is CC1(n2c(Nc3ccc(OC(F)(F)F)cc3)nc3cnc(N)nc32)CCOCC1. The van der Waals surface area contributed by atoms with Gasteiger partial charge in [-0.3, -0.25) is 4.57 Å². The maximum absolute atomic E-state index is 12.4. The van der Waals surface area contributed by atoms with Crippen LogP contribution in [0.15, 0.2) is 30.5 Å². The number of ether oxygens (including phenoxy) is 2. The highest BCUT2D eigenvalue weighted by molar-refractivity contribution is 5.76. The topological polar surface area (TPSA) is 100 Å². The van der Waals surface area contributed by atoms with E-state index >= 15 is 0 Å². The van der Waals surface area contributed by atoms with Crippen molar-refractivity contribution in [2.45, 2.75) is 31.7 Å². The minimum absolute atomic E-state index is 0.134. The number of hydrogen-bond acceptors (Lipinski definition) is 7. The molecule has 0 spiro atoms. The average molecular weight is 408 g/mol. The molecule has 1 aliphatic rings. The molecule has 0 aliphatic carbocycles. The maximum Gasteiger partial charge on any atom is 0.573 e. The van der Waals surface area contributed by atoms with Crippen molar-refractivity contribution in [3.63, 3.8) is 0 Å². The molecule has 8 nitrogen and oxygen atoms in total. The monoisotopic (exact) mass is 408 g/mol. The average Bonchev–Trinajstić information content (AvgIpc) is 3.00. The first-order valence-electron chi connectivity index (χ1n) is 8.96. The molecule has 0 amide bonds. The summed E-state index contributed by atoms with van der Waals surface area (Å²) in [7, 11) is 0. The molecule has 29 heavy (non-hydrogen) atoms. The van der Waals surface area contributed by atoms with E-state index in [0.717, 1.165) is 12.8 Å². The number of benzene rings is 1. The summed E-state index contributed by atoms with van der Waals surface area (Å²) in [5.41, 5.74) is 7.15. The lowest BCUT2D eigenvalue weighted by Gasteiger charge is -2.36. The van der Waals surface area contributed by atoms with Crippen molar-refractivity contribution in [2.75, 3.05) is 24.3 Å². The largest absolute Gasteiger partial charge is 0.573 e. The lowest BCUT2D eigenvalue weighted by Crippen LogP contribution is -2.37. The van der Waals surface area contributed by atoms with Gasteiger partial charge in [0, 0.05) is 18.9 Å². The minimum atomic E-state index is -4.74. The molecule has 0 saturated carbocycles. The highest BCUT2D eigenvalue weighted by Crippen LogP contribution is 2.36. The van der Waals surface area contributed by atoms with Crippen molar-refractivity contribution in [1.82, 2.24) is 19.5 Å². The fraction of sp³-hybridized carbons (Fsp3) is 0.389. The molecule has 1 aliphatic heterocycles. The molecule has 3 N–H and O–H groups in total. The third-order valence-electron chi connectivity index (χ3n) is 4.87. The second-order valence-corrected chi connectivity index (χ2v) is 7.01. The number of nitrogen functional groups attached to an aromatic ring is 1. The zero-order valence-corrected chi connectivity index (χ0v) is 15.5. The van der Waals surface area contributed by atoms with Crippen LogP contribution >= 0.6 is 0 Å². The molecular formula is C18H19F3N6O2. The second kappa shape index (κ2) is 7.07. The summed E-state index contributed by atoms with van der Waals surface area (Å²) in [6, 6.07) is 5.43. The van der Waals surface area contributed by atoms with Crippen molar-refractivity contribution in [3.8, 4) is 5.75 Å². The van der Waals surface area contributed by atoms with Gasteiger partial charge in [-0.2, -0.15) is 4.98 Å². The number of hydrogen-bond donors (Lipinski definition) is 2. The van der Waals surface area contributed by atoms with Crippen LogP contribution in [0.2, 0.25) is 0 Å². The highest BCUT2D eigenvalue weighted by atomic mass is 19.4. The second-order valence-electron chi connectivity index (χ2n) is 7.01. The number of halogens is 3. The van der Waals surface area contributed by atoms with E-state index in [1.54, 1.807) is 6.20 Å². The molecule has 0 atom stereocenters. The summed E-state index contributed by atoms with van der Waals surface area (Å²) in [5.74, 6) is 0.329. The van der Waals surface area contributed by atoms with Gasteiger partial charge in [-0.15, -0.1) is 13.2 Å². The third-order valence-corrected chi connectivity index (χ3v) is 4.87. The maximum atomic E-state index is 12.4. The molecule has 1 fully saturated rings. The molecular weight excluding hydrogens is 389 g/mol. The van der Waals surface area contributed by atoms with E-state index in [9.17, 15) is 13.2 Å². The predicted molar refractivity (Wildman–Crippen MR) is 99.8 cm³/mol. The Morgan fingerprint density at radius 1 is 1.17 bits per heavy atom. The molecule has 0 bridgehead atoms. The summed E-state index contributed by atoms with van der Waals surface area (Å²) < 4.78 is 48.4. The quantitative estimate of drug-likeness (QED) is 0.681. The fourth-order valence-corrected chi connectivity index (χ4v) is 3.39. The number of imidazole rings is 1. The van der Waals surface area contributed by atoms with Crippen LogP contribution in [-0.4, -0.2) is 39.1 Å². The van der Waals surface area contributed by atoms with Gasteiger partial charge in [0.15, 0.2) is 5.65 Å². The molecule has 2 aromatic heterocycles. The van der Waals surface area contributed by atoms with Crippen LogP contribution in [0.3, 0.4) is 0 Å². The standard InChI is InChI=1S/C18H19F3N6O2/c1-17(6-8-28-9-7-17)27-14-13(10-23-15(22)26-14)25-16(27)24-11-2-4-12(5-3-11)29-18(19,20)21/h2-5,10H,6-9H2,1H3,(H,24,25)(H2,22,23,26). The van der Waals surface area contributed by atoms with Gasteiger partial charge >= 0.3 is 6.36 Å². The van der Waals surface area contributed by atoms with Gasteiger partial charge in [-0.05, 0) is 44.0 Å². The lowest BCUT2D eigenvalue weighted by atomic mass is 9.92. The Morgan fingerprint density at radius 2 is 1.86 bits per heavy atom. The molecule has 0 unspecified atom stereocenters. The molecule has 3 aromatic rings. The number of nitrogens with zero attached hydrogens (tertiary/aromatic N) is 4. The van der Waals surface area contributed by atoms with Crippen LogP contribution in [-0.2, 0) is 10.3 Å². The first kappa shape index (κ1) is 19.2. The summed E-state index contributed by atoms with van der Waals surface area (Å²) in [4.78, 5) is 12.9. The van der Waals surface area contributed by atoms with Crippen LogP contribution in [0.1, 0.15) is 19.8 Å². The van der Waals surface area contributed by atoms with Gasteiger partial charge in [0.1, 0.15) is 11.3 Å². The van der Waals surface area contributed by atoms with Crippen molar-refractivity contribution in [3.05, 3.63) is 30.5 Å². The van der Waals surface area contributed by atoms with Crippen molar-refractivity contribution in [2.24, 2.45) is 0 Å². The Bertz CT molecular complexity index is 1010. The Kier molecular flexibility index (Phi) is 4.69. The number of rotatable bonds is 4. The van der Waals surface area contributed by atoms with Gasteiger partial charge in [-0.25, -0.2) is 9.97 Å². The van der Waals surface area contributed by atoms with Gasteiger partial charge in [0.2, 0.25) is 11.9 Å². The first-order chi connectivity index (χ1) is 13.7. The van der Waals surface area contributed by atoms with Gasteiger partial charge in [-0.1, -0.05) is 0 Å². The molecule has 4 rings (SSSR count). The zero-order chi connectivity index (χ0) is 20.6.